The Morgan fingerprint density at radius 1 is 0.962 bits per heavy atom. The Morgan fingerprint density at radius 3 is 2.54 bits per heavy atom. The number of benzene rings is 2. The van der Waals surface area contributed by atoms with Crippen LogP contribution in [0.25, 0.3) is 11.1 Å². The highest BCUT2D eigenvalue weighted by molar-refractivity contribution is 5.65. The lowest BCUT2D eigenvalue weighted by molar-refractivity contribution is 0.333. The van der Waals surface area contributed by atoms with Crippen molar-refractivity contribution in [3.05, 3.63) is 54.1 Å². The lowest BCUT2D eigenvalue weighted by Gasteiger charge is -2.21. The Morgan fingerprint density at radius 2 is 1.77 bits per heavy atom. The van der Waals surface area contributed by atoms with Crippen LogP contribution in [0.15, 0.2) is 48.5 Å². The van der Waals surface area contributed by atoms with Gasteiger partial charge in [-0.15, -0.1) is 0 Å². The van der Waals surface area contributed by atoms with Gasteiger partial charge in [-0.25, -0.2) is 0 Å². The number of methoxy groups -OCH3 is 1. The maximum atomic E-state index is 5.34. The lowest BCUT2D eigenvalue weighted by Crippen LogP contribution is -2.22. The van der Waals surface area contributed by atoms with E-state index in [4.69, 9.17) is 4.74 Å². The molecule has 0 heterocycles. The van der Waals surface area contributed by atoms with Crippen LogP contribution in [-0.2, 0) is 0 Å². The van der Waals surface area contributed by atoms with Crippen molar-refractivity contribution < 1.29 is 4.74 Å². The lowest BCUT2D eigenvalue weighted by atomic mass is 9.87. The van der Waals surface area contributed by atoms with Gasteiger partial charge in [0.25, 0.3) is 0 Å². The SMILES string of the molecule is COc1cccc(-c2ccc([C@H]3C[C@@H]3NCCC3CCCCC3)cc2)c1. The first-order valence-electron chi connectivity index (χ1n) is 10.3. The number of ether oxygens (including phenoxy) is 1. The van der Waals surface area contributed by atoms with E-state index in [1.165, 1.54) is 68.2 Å². The zero-order valence-corrected chi connectivity index (χ0v) is 15.9. The van der Waals surface area contributed by atoms with Crippen molar-refractivity contribution in [2.75, 3.05) is 13.7 Å². The molecule has 2 heteroatoms. The van der Waals surface area contributed by atoms with E-state index >= 15 is 0 Å². The van der Waals surface area contributed by atoms with Gasteiger partial charge in [-0.05, 0) is 54.1 Å². The molecule has 2 nitrogen and oxygen atoms in total. The molecule has 2 aromatic carbocycles. The first-order valence-corrected chi connectivity index (χ1v) is 10.3. The van der Waals surface area contributed by atoms with Gasteiger partial charge in [0, 0.05) is 12.0 Å². The van der Waals surface area contributed by atoms with E-state index in [1.807, 2.05) is 6.07 Å². The Hall–Kier alpha value is -1.80. The predicted octanol–water partition coefficient (Wildman–Crippen LogP) is 5.78. The van der Waals surface area contributed by atoms with Gasteiger partial charge in [0.05, 0.1) is 7.11 Å². The van der Waals surface area contributed by atoms with Crippen LogP contribution in [0.4, 0.5) is 0 Å². The van der Waals surface area contributed by atoms with Gasteiger partial charge in [0.2, 0.25) is 0 Å². The molecule has 138 valence electrons. The van der Waals surface area contributed by atoms with E-state index in [1.54, 1.807) is 7.11 Å². The molecule has 2 saturated carbocycles. The molecule has 0 aromatic heterocycles. The fourth-order valence-electron chi connectivity index (χ4n) is 4.46. The normalized spacial score (nSPS) is 23.0. The van der Waals surface area contributed by atoms with Crippen LogP contribution in [0.2, 0.25) is 0 Å². The van der Waals surface area contributed by atoms with Gasteiger partial charge < -0.3 is 10.1 Å². The van der Waals surface area contributed by atoms with E-state index in [-0.39, 0.29) is 0 Å². The maximum Gasteiger partial charge on any atom is 0.119 e. The molecule has 2 fully saturated rings. The summed E-state index contributed by atoms with van der Waals surface area (Å²) < 4.78 is 5.34. The molecular formula is C24H31NO. The first-order chi connectivity index (χ1) is 12.8. The fourth-order valence-corrected chi connectivity index (χ4v) is 4.46. The molecule has 0 bridgehead atoms. The van der Waals surface area contributed by atoms with Crippen molar-refractivity contribution >= 4 is 0 Å². The molecule has 2 atom stereocenters. The smallest absolute Gasteiger partial charge is 0.119 e. The quantitative estimate of drug-likeness (QED) is 0.684. The molecular weight excluding hydrogens is 318 g/mol. The minimum Gasteiger partial charge on any atom is -0.497 e. The summed E-state index contributed by atoms with van der Waals surface area (Å²) in [6.07, 6.45) is 9.96. The minimum atomic E-state index is 0.696. The first kappa shape index (κ1) is 17.6. The highest BCUT2D eigenvalue weighted by Gasteiger charge is 2.37. The summed E-state index contributed by atoms with van der Waals surface area (Å²) >= 11 is 0. The van der Waals surface area contributed by atoms with E-state index in [0.29, 0.717) is 12.0 Å². The molecule has 2 aliphatic carbocycles. The molecule has 0 aliphatic heterocycles. The standard InChI is InChI=1S/C24H31NO/c1-26-22-9-5-8-21(16-22)19-10-12-20(13-11-19)23-17-24(23)25-15-14-18-6-3-2-4-7-18/h5,8-13,16,18,23-25H,2-4,6-7,14-15,17H2,1H3/t23-,24+/m1/s1. The molecule has 2 aliphatic rings. The fraction of sp³-hybridized carbons (Fsp3) is 0.500. The van der Waals surface area contributed by atoms with Crippen LogP contribution >= 0.6 is 0 Å². The van der Waals surface area contributed by atoms with Gasteiger partial charge in [-0.1, -0.05) is 68.5 Å². The molecule has 1 N–H and O–H groups in total. The van der Waals surface area contributed by atoms with Crippen LogP contribution in [0, 0.1) is 5.92 Å². The summed E-state index contributed by atoms with van der Waals surface area (Å²) in [5, 5.41) is 3.80. The van der Waals surface area contributed by atoms with Crippen molar-refractivity contribution in [2.45, 2.75) is 56.9 Å². The third-order valence-electron chi connectivity index (χ3n) is 6.22. The largest absolute Gasteiger partial charge is 0.497 e. The molecule has 0 saturated heterocycles. The van der Waals surface area contributed by atoms with E-state index < -0.39 is 0 Å². The van der Waals surface area contributed by atoms with Crippen molar-refractivity contribution in [1.82, 2.24) is 5.32 Å². The van der Waals surface area contributed by atoms with Crippen molar-refractivity contribution in [3.63, 3.8) is 0 Å². The van der Waals surface area contributed by atoms with Crippen LogP contribution in [0.3, 0.4) is 0 Å². The zero-order chi connectivity index (χ0) is 17.8. The second kappa shape index (κ2) is 8.26. The van der Waals surface area contributed by atoms with Gasteiger partial charge in [-0.3, -0.25) is 0 Å². The van der Waals surface area contributed by atoms with E-state index in [9.17, 15) is 0 Å². The molecule has 0 spiro atoms. The molecule has 2 aromatic rings. The summed E-state index contributed by atoms with van der Waals surface area (Å²) in [7, 11) is 1.72. The Balaban J connectivity index is 1.28. The summed E-state index contributed by atoms with van der Waals surface area (Å²) in [5.74, 6) is 2.60. The number of rotatable bonds is 7. The number of hydrogen-bond acceptors (Lipinski definition) is 2. The van der Waals surface area contributed by atoms with Crippen molar-refractivity contribution in [2.24, 2.45) is 5.92 Å². The topological polar surface area (TPSA) is 21.3 Å². The molecule has 0 amide bonds. The predicted molar refractivity (Wildman–Crippen MR) is 109 cm³/mol. The highest BCUT2D eigenvalue weighted by atomic mass is 16.5. The average molecular weight is 350 g/mol. The maximum absolute atomic E-state index is 5.34. The van der Waals surface area contributed by atoms with Crippen LogP contribution in [0.1, 0.15) is 56.4 Å². The second-order valence-electron chi connectivity index (χ2n) is 8.05. The van der Waals surface area contributed by atoms with Crippen molar-refractivity contribution in [3.8, 4) is 16.9 Å². The van der Waals surface area contributed by atoms with E-state index in [0.717, 1.165) is 11.7 Å². The number of nitrogens with one attached hydrogen (secondary N) is 1. The Bertz CT molecular complexity index is 702. The van der Waals surface area contributed by atoms with Crippen molar-refractivity contribution in [1.29, 1.82) is 0 Å². The third kappa shape index (κ3) is 4.29. The average Bonchev–Trinajstić information content (AvgIpc) is 3.48. The second-order valence-corrected chi connectivity index (χ2v) is 8.05. The van der Waals surface area contributed by atoms with Gasteiger partial charge in [0.1, 0.15) is 5.75 Å². The molecule has 0 unspecified atom stereocenters. The summed E-state index contributed by atoms with van der Waals surface area (Å²) in [5.41, 5.74) is 3.95. The zero-order valence-electron chi connectivity index (χ0n) is 15.9. The highest BCUT2D eigenvalue weighted by Crippen LogP contribution is 2.41. The summed E-state index contributed by atoms with van der Waals surface area (Å²) in [6, 6.07) is 18.1. The molecule has 4 rings (SSSR count). The van der Waals surface area contributed by atoms with Gasteiger partial charge in [-0.2, -0.15) is 0 Å². The van der Waals surface area contributed by atoms with Crippen LogP contribution in [0.5, 0.6) is 5.75 Å². The summed E-state index contributed by atoms with van der Waals surface area (Å²) in [6.45, 7) is 1.20. The summed E-state index contributed by atoms with van der Waals surface area (Å²) in [4.78, 5) is 0. The Labute approximate surface area is 158 Å². The molecule has 26 heavy (non-hydrogen) atoms. The minimum absolute atomic E-state index is 0.696. The van der Waals surface area contributed by atoms with Crippen LogP contribution < -0.4 is 10.1 Å². The van der Waals surface area contributed by atoms with E-state index in [2.05, 4.69) is 47.8 Å². The monoisotopic (exact) mass is 349 g/mol. The van der Waals surface area contributed by atoms with Gasteiger partial charge in [0.15, 0.2) is 0 Å². The van der Waals surface area contributed by atoms with Crippen LogP contribution in [-0.4, -0.2) is 19.7 Å². The molecule has 0 radical (unpaired) electrons. The number of hydrogen-bond donors (Lipinski definition) is 1. The van der Waals surface area contributed by atoms with Gasteiger partial charge >= 0.3 is 0 Å². The Kier molecular flexibility index (Phi) is 5.59. The third-order valence-corrected chi connectivity index (χ3v) is 6.22.